The molecule has 0 aliphatic heterocycles. The molecular formula is C16H17NO4. The number of aryl methyl sites for hydroxylation is 1. The fraction of sp³-hybridized carbons (Fsp3) is 0.250. The van der Waals surface area contributed by atoms with Gasteiger partial charge in [0.05, 0.1) is 6.26 Å². The smallest absolute Gasteiger partial charge is 0.333 e. The normalized spacial score (nSPS) is 11.7. The molecule has 0 fully saturated rings. The van der Waals surface area contributed by atoms with Crippen LogP contribution in [0.1, 0.15) is 30.0 Å². The number of rotatable bonds is 5. The minimum Gasteiger partial charge on any atom is -0.459 e. The number of para-hydroxylation sites is 1. The fourth-order valence-electron chi connectivity index (χ4n) is 1.83. The van der Waals surface area contributed by atoms with Gasteiger partial charge in [0.1, 0.15) is 11.8 Å². The minimum absolute atomic E-state index is 0.156. The lowest BCUT2D eigenvalue weighted by atomic mass is 10.1. The molecule has 1 unspecified atom stereocenters. The van der Waals surface area contributed by atoms with E-state index < -0.39 is 17.9 Å². The molecule has 0 saturated carbocycles. The Labute approximate surface area is 122 Å². The van der Waals surface area contributed by atoms with E-state index in [1.807, 2.05) is 19.1 Å². The zero-order valence-corrected chi connectivity index (χ0v) is 12.0. The molecule has 21 heavy (non-hydrogen) atoms. The van der Waals surface area contributed by atoms with Gasteiger partial charge in [0.25, 0.3) is 5.91 Å². The molecule has 0 radical (unpaired) electrons. The molecule has 1 N–H and O–H groups in total. The monoisotopic (exact) mass is 287 g/mol. The highest BCUT2D eigenvalue weighted by atomic mass is 16.5. The molecule has 2 rings (SSSR count). The molecule has 110 valence electrons. The van der Waals surface area contributed by atoms with E-state index in [1.54, 1.807) is 25.1 Å². The van der Waals surface area contributed by atoms with Crippen molar-refractivity contribution in [2.75, 3.05) is 0 Å². The quantitative estimate of drug-likeness (QED) is 0.678. The summed E-state index contributed by atoms with van der Waals surface area (Å²) in [6.07, 6.45) is 2.16. The van der Waals surface area contributed by atoms with Gasteiger partial charge in [-0.1, -0.05) is 25.1 Å². The van der Waals surface area contributed by atoms with E-state index in [1.165, 1.54) is 12.3 Å². The van der Waals surface area contributed by atoms with Crippen LogP contribution in [0.2, 0.25) is 0 Å². The van der Waals surface area contributed by atoms with Gasteiger partial charge < -0.3 is 14.5 Å². The van der Waals surface area contributed by atoms with Gasteiger partial charge in [-0.05, 0) is 37.1 Å². The number of carbonyl (C=O) groups is 2. The molecule has 0 aliphatic rings. The Morgan fingerprint density at radius 2 is 2.00 bits per heavy atom. The summed E-state index contributed by atoms with van der Waals surface area (Å²) in [7, 11) is 0. The summed E-state index contributed by atoms with van der Waals surface area (Å²) in [6.45, 7) is 3.55. The predicted molar refractivity (Wildman–Crippen MR) is 77.1 cm³/mol. The first-order chi connectivity index (χ1) is 10.1. The van der Waals surface area contributed by atoms with Crippen molar-refractivity contribution in [1.29, 1.82) is 0 Å². The molecule has 0 aliphatic carbocycles. The van der Waals surface area contributed by atoms with Gasteiger partial charge in [-0.3, -0.25) is 4.79 Å². The highest BCUT2D eigenvalue weighted by Crippen LogP contribution is 2.18. The summed E-state index contributed by atoms with van der Waals surface area (Å²) >= 11 is 0. The van der Waals surface area contributed by atoms with Crippen molar-refractivity contribution in [2.45, 2.75) is 26.3 Å². The average molecular weight is 287 g/mol. The molecule has 0 spiro atoms. The van der Waals surface area contributed by atoms with Crippen molar-refractivity contribution in [3.8, 4) is 5.75 Å². The molecule has 5 nitrogen and oxygen atoms in total. The standard InChI is InChI=1S/C16H17NO4/c1-3-12-7-4-5-8-13(12)21-16(19)11(2)17-15(18)14-9-6-10-20-14/h4-11H,3H2,1-2H3,(H,17,18). The van der Waals surface area contributed by atoms with Crippen LogP contribution >= 0.6 is 0 Å². The highest BCUT2D eigenvalue weighted by molar-refractivity contribution is 5.94. The van der Waals surface area contributed by atoms with Gasteiger partial charge in [-0.15, -0.1) is 0 Å². The van der Waals surface area contributed by atoms with Crippen molar-refractivity contribution in [3.05, 3.63) is 54.0 Å². The minimum atomic E-state index is -0.771. The van der Waals surface area contributed by atoms with Crippen molar-refractivity contribution in [2.24, 2.45) is 0 Å². The molecule has 2 aromatic rings. The SMILES string of the molecule is CCc1ccccc1OC(=O)C(C)NC(=O)c1ccco1. The van der Waals surface area contributed by atoms with E-state index in [9.17, 15) is 9.59 Å². The van der Waals surface area contributed by atoms with Crippen LogP contribution < -0.4 is 10.1 Å². The number of amides is 1. The summed E-state index contributed by atoms with van der Waals surface area (Å²) in [4.78, 5) is 23.8. The number of hydrogen-bond donors (Lipinski definition) is 1. The number of hydrogen-bond acceptors (Lipinski definition) is 4. The molecule has 1 aromatic heterocycles. The third-order valence-electron chi connectivity index (χ3n) is 3.01. The number of esters is 1. The maximum absolute atomic E-state index is 12.0. The predicted octanol–water partition coefficient (Wildman–Crippen LogP) is 2.57. The molecular weight excluding hydrogens is 270 g/mol. The largest absolute Gasteiger partial charge is 0.459 e. The molecule has 0 saturated heterocycles. The van der Waals surface area contributed by atoms with Crippen molar-refractivity contribution < 1.29 is 18.7 Å². The zero-order valence-electron chi connectivity index (χ0n) is 12.0. The van der Waals surface area contributed by atoms with Crippen LogP contribution in [0.3, 0.4) is 0 Å². The zero-order chi connectivity index (χ0) is 15.2. The second-order valence-corrected chi connectivity index (χ2v) is 4.55. The third kappa shape index (κ3) is 3.72. The Balaban J connectivity index is 1.98. The summed E-state index contributed by atoms with van der Waals surface area (Å²) < 4.78 is 10.3. The van der Waals surface area contributed by atoms with Gasteiger partial charge >= 0.3 is 5.97 Å². The maximum atomic E-state index is 12.0. The molecule has 1 heterocycles. The van der Waals surface area contributed by atoms with E-state index in [0.717, 1.165) is 12.0 Å². The lowest BCUT2D eigenvalue weighted by molar-refractivity contribution is -0.136. The molecule has 0 bridgehead atoms. The van der Waals surface area contributed by atoms with Gasteiger partial charge in [-0.25, -0.2) is 4.79 Å². The first-order valence-corrected chi connectivity index (χ1v) is 6.75. The Morgan fingerprint density at radius 1 is 1.24 bits per heavy atom. The Bertz CT molecular complexity index is 619. The van der Waals surface area contributed by atoms with Crippen LogP contribution in [0.4, 0.5) is 0 Å². The van der Waals surface area contributed by atoms with Crippen LogP contribution in [-0.2, 0) is 11.2 Å². The van der Waals surface area contributed by atoms with E-state index >= 15 is 0 Å². The third-order valence-corrected chi connectivity index (χ3v) is 3.01. The summed E-state index contributed by atoms with van der Waals surface area (Å²) in [6, 6.07) is 9.68. The van der Waals surface area contributed by atoms with Crippen LogP contribution in [0.15, 0.2) is 47.1 Å². The first kappa shape index (κ1) is 14.8. The molecule has 1 aromatic carbocycles. The van der Waals surface area contributed by atoms with Crippen LogP contribution in [-0.4, -0.2) is 17.9 Å². The summed E-state index contributed by atoms with van der Waals surface area (Å²) in [5.41, 5.74) is 0.940. The first-order valence-electron chi connectivity index (χ1n) is 6.75. The van der Waals surface area contributed by atoms with Crippen LogP contribution in [0, 0.1) is 0 Å². The van der Waals surface area contributed by atoms with Crippen molar-refractivity contribution in [1.82, 2.24) is 5.32 Å². The van der Waals surface area contributed by atoms with Gasteiger partial charge in [0.15, 0.2) is 5.76 Å². The van der Waals surface area contributed by atoms with Crippen molar-refractivity contribution in [3.63, 3.8) is 0 Å². The van der Waals surface area contributed by atoms with Gasteiger partial charge in [0.2, 0.25) is 0 Å². The number of ether oxygens (including phenoxy) is 1. The van der Waals surface area contributed by atoms with Crippen LogP contribution in [0.5, 0.6) is 5.75 Å². The van der Waals surface area contributed by atoms with Crippen LogP contribution in [0.25, 0.3) is 0 Å². The summed E-state index contributed by atoms with van der Waals surface area (Å²) in [5.74, 6) is -0.295. The summed E-state index contributed by atoms with van der Waals surface area (Å²) in [5, 5.41) is 2.53. The number of furan rings is 1. The molecule has 1 atom stereocenters. The van der Waals surface area contributed by atoms with E-state index in [2.05, 4.69) is 5.32 Å². The van der Waals surface area contributed by atoms with E-state index in [4.69, 9.17) is 9.15 Å². The number of benzene rings is 1. The Kier molecular flexibility index (Phi) is 4.77. The van der Waals surface area contributed by atoms with E-state index in [0.29, 0.717) is 5.75 Å². The second kappa shape index (κ2) is 6.74. The second-order valence-electron chi connectivity index (χ2n) is 4.55. The Morgan fingerprint density at radius 3 is 2.67 bits per heavy atom. The van der Waals surface area contributed by atoms with E-state index in [-0.39, 0.29) is 5.76 Å². The Hall–Kier alpha value is -2.56. The fourth-order valence-corrected chi connectivity index (χ4v) is 1.83. The molecule has 5 heteroatoms. The van der Waals surface area contributed by atoms with Gasteiger partial charge in [0, 0.05) is 0 Å². The van der Waals surface area contributed by atoms with Gasteiger partial charge in [-0.2, -0.15) is 0 Å². The number of carbonyl (C=O) groups excluding carboxylic acids is 2. The maximum Gasteiger partial charge on any atom is 0.333 e. The number of nitrogens with one attached hydrogen (secondary N) is 1. The highest BCUT2D eigenvalue weighted by Gasteiger charge is 2.20. The van der Waals surface area contributed by atoms with Crippen molar-refractivity contribution >= 4 is 11.9 Å². The lowest BCUT2D eigenvalue weighted by Gasteiger charge is -2.14. The lowest BCUT2D eigenvalue weighted by Crippen LogP contribution is -2.40. The topological polar surface area (TPSA) is 68.5 Å². The molecule has 1 amide bonds. The average Bonchev–Trinajstić information content (AvgIpc) is 3.02.